The largest absolute Gasteiger partial charge is 0.277 e. The second-order valence-electron chi connectivity index (χ2n) is 4.66. The number of aryl methyl sites for hydroxylation is 1. The fourth-order valence-electron chi connectivity index (χ4n) is 1.87. The highest BCUT2D eigenvalue weighted by molar-refractivity contribution is 6.10. The zero-order chi connectivity index (χ0) is 14.6. The minimum Gasteiger partial charge on any atom is -0.277 e. The van der Waals surface area contributed by atoms with E-state index in [-0.39, 0.29) is 5.71 Å². The monoisotopic (exact) mass is 268 g/mol. The standard InChI is InChI=1S/C16H20N4/c1-2-3-4-5-6-7-14-8-10-15(11-9-14)19-20-16(12-17)13-18/h8-11,19H,2-7H2,1H3. The lowest BCUT2D eigenvalue weighted by Gasteiger charge is -2.04. The lowest BCUT2D eigenvalue weighted by atomic mass is 10.1. The van der Waals surface area contributed by atoms with Crippen molar-refractivity contribution >= 4 is 11.4 Å². The smallest absolute Gasteiger partial charge is 0.237 e. The first-order valence-electron chi connectivity index (χ1n) is 7.03. The van der Waals surface area contributed by atoms with Gasteiger partial charge in [-0.25, -0.2) is 0 Å². The Balaban J connectivity index is 2.39. The third kappa shape index (κ3) is 6.02. The molecule has 0 amide bonds. The van der Waals surface area contributed by atoms with Crippen LogP contribution >= 0.6 is 0 Å². The summed E-state index contributed by atoms with van der Waals surface area (Å²) in [5, 5.41) is 20.8. The Hall–Kier alpha value is -2.33. The van der Waals surface area contributed by atoms with Crippen LogP contribution in [0.15, 0.2) is 29.4 Å². The number of anilines is 1. The molecule has 0 bridgehead atoms. The molecule has 1 aromatic carbocycles. The van der Waals surface area contributed by atoms with Crippen molar-refractivity contribution in [2.45, 2.75) is 45.4 Å². The Kier molecular flexibility index (Phi) is 7.53. The van der Waals surface area contributed by atoms with Crippen LogP contribution in [0.2, 0.25) is 0 Å². The van der Waals surface area contributed by atoms with E-state index in [4.69, 9.17) is 10.5 Å². The van der Waals surface area contributed by atoms with Gasteiger partial charge in [-0.3, -0.25) is 5.43 Å². The summed E-state index contributed by atoms with van der Waals surface area (Å²) in [4.78, 5) is 0. The molecule has 0 saturated heterocycles. The highest BCUT2D eigenvalue weighted by Crippen LogP contribution is 2.13. The molecule has 20 heavy (non-hydrogen) atoms. The maximum Gasteiger partial charge on any atom is 0.237 e. The molecule has 0 spiro atoms. The fourth-order valence-corrected chi connectivity index (χ4v) is 1.87. The van der Waals surface area contributed by atoms with Gasteiger partial charge in [0, 0.05) is 0 Å². The lowest BCUT2D eigenvalue weighted by Crippen LogP contribution is -1.96. The number of nitrogens with one attached hydrogen (secondary N) is 1. The van der Waals surface area contributed by atoms with Crippen molar-refractivity contribution in [2.24, 2.45) is 5.10 Å². The van der Waals surface area contributed by atoms with Gasteiger partial charge in [0.15, 0.2) is 0 Å². The maximum atomic E-state index is 8.56. The van der Waals surface area contributed by atoms with Crippen molar-refractivity contribution in [1.82, 2.24) is 0 Å². The van der Waals surface area contributed by atoms with E-state index in [1.54, 1.807) is 12.1 Å². The first-order chi connectivity index (χ1) is 9.80. The number of nitriles is 2. The van der Waals surface area contributed by atoms with E-state index in [0.717, 1.165) is 12.1 Å². The first-order valence-corrected chi connectivity index (χ1v) is 7.03. The van der Waals surface area contributed by atoms with E-state index in [2.05, 4.69) is 29.6 Å². The highest BCUT2D eigenvalue weighted by atomic mass is 15.3. The quantitative estimate of drug-likeness (QED) is 0.440. The molecule has 0 radical (unpaired) electrons. The molecular weight excluding hydrogens is 248 g/mol. The Morgan fingerprint density at radius 1 is 1.05 bits per heavy atom. The molecule has 0 heterocycles. The van der Waals surface area contributed by atoms with Crippen LogP contribution in [-0.2, 0) is 6.42 Å². The molecule has 0 atom stereocenters. The molecule has 0 saturated carbocycles. The van der Waals surface area contributed by atoms with Gasteiger partial charge in [0.25, 0.3) is 0 Å². The minimum absolute atomic E-state index is 0.176. The number of rotatable bonds is 8. The van der Waals surface area contributed by atoms with Gasteiger partial charge in [-0.05, 0) is 30.5 Å². The lowest BCUT2D eigenvalue weighted by molar-refractivity contribution is 0.632. The first kappa shape index (κ1) is 15.7. The third-order valence-electron chi connectivity index (χ3n) is 3.03. The topological polar surface area (TPSA) is 72.0 Å². The van der Waals surface area contributed by atoms with E-state index in [0.29, 0.717) is 0 Å². The summed E-state index contributed by atoms with van der Waals surface area (Å²) in [7, 11) is 0. The van der Waals surface area contributed by atoms with Crippen LogP contribution in [0.25, 0.3) is 0 Å². The zero-order valence-electron chi connectivity index (χ0n) is 11.9. The number of hydrazone groups is 1. The van der Waals surface area contributed by atoms with Crippen LogP contribution < -0.4 is 5.43 Å². The summed E-state index contributed by atoms with van der Waals surface area (Å²) in [6.45, 7) is 2.22. The van der Waals surface area contributed by atoms with E-state index >= 15 is 0 Å². The van der Waals surface area contributed by atoms with Crippen LogP contribution in [-0.4, -0.2) is 5.71 Å². The number of hydrogen-bond donors (Lipinski definition) is 1. The molecule has 4 heteroatoms. The van der Waals surface area contributed by atoms with Gasteiger partial charge in [0.05, 0.1) is 5.69 Å². The van der Waals surface area contributed by atoms with Gasteiger partial charge in [-0.2, -0.15) is 15.6 Å². The van der Waals surface area contributed by atoms with Crippen molar-refractivity contribution < 1.29 is 0 Å². The van der Waals surface area contributed by atoms with Crippen LogP contribution in [0, 0.1) is 22.7 Å². The SMILES string of the molecule is CCCCCCCc1ccc(NN=C(C#N)C#N)cc1. The second-order valence-corrected chi connectivity index (χ2v) is 4.66. The van der Waals surface area contributed by atoms with E-state index in [9.17, 15) is 0 Å². The maximum absolute atomic E-state index is 8.56. The molecular formula is C16H20N4. The Labute approximate surface area is 120 Å². The fraction of sp³-hybridized carbons (Fsp3) is 0.438. The van der Waals surface area contributed by atoms with Gasteiger partial charge in [0.1, 0.15) is 12.1 Å². The van der Waals surface area contributed by atoms with Gasteiger partial charge < -0.3 is 0 Å². The average Bonchev–Trinajstić information content (AvgIpc) is 2.49. The number of hydrogen-bond acceptors (Lipinski definition) is 4. The van der Waals surface area contributed by atoms with Gasteiger partial charge in [-0.15, -0.1) is 0 Å². The van der Waals surface area contributed by atoms with Crippen molar-refractivity contribution in [3.8, 4) is 12.1 Å². The van der Waals surface area contributed by atoms with Crippen molar-refractivity contribution in [3.63, 3.8) is 0 Å². The van der Waals surface area contributed by atoms with Crippen LogP contribution in [0.4, 0.5) is 5.69 Å². The summed E-state index contributed by atoms with van der Waals surface area (Å²) >= 11 is 0. The van der Waals surface area contributed by atoms with E-state index in [1.165, 1.54) is 37.7 Å². The highest BCUT2D eigenvalue weighted by Gasteiger charge is 1.96. The van der Waals surface area contributed by atoms with Crippen molar-refractivity contribution in [2.75, 3.05) is 5.43 Å². The van der Waals surface area contributed by atoms with Gasteiger partial charge in [0.2, 0.25) is 5.71 Å². The predicted octanol–water partition coefficient (Wildman–Crippen LogP) is 4.01. The van der Waals surface area contributed by atoms with Crippen LogP contribution in [0.5, 0.6) is 0 Å². The summed E-state index contributed by atoms with van der Waals surface area (Å²) < 4.78 is 0. The van der Waals surface area contributed by atoms with Crippen molar-refractivity contribution in [3.05, 3.63) is 29.8 Å². The molecule has 0 aliphatic rings. The number of nitrogens with zero attached hydrogens (tertiary/aromatic N) is 3. The van der Waals surface area contributed by atoms with Crippen LogP contribution in [0.1, 0.15) is 44.6 Å². The average molecular weight is 268 g/mol. The summed E-state index contributed by atoms with van der Waals surface area (Å²) in [6, 6.07) is 11.3. The number of unbranched alkanes of at least 4 members (excludes halogenated alkanes) is 4. The van der Waals surface area contributed by atoms with E-state index in [1.807, 2.05) is 12.1 Å². The van der Waals surface area contributed by atoms with Crippen molar-refractivity contribution in [1.29, 1.82) is 10.5 Å². The molecule has 0 aromatic heterocycles. The predicted molar refractivity (Wildman–Crippen MR) is 81.2 cm³/mol. The number of benzene rings is 1. The normalized spacial score (nSPS) is 9.35. The molecule has 1 rings (SSSR count). The minimum atomic E-state index is -0.176. The molecule has 0 aliphatic heterocycles. The molecule has 0 unspecified atom stereocenters. The van der Waals surface area contributed by atoms with Gasteiger partial charge in [-0.1, -0.05) is 44.7 Å². The molecule has 104 valence electrons. The van der Waals surface area contributed by atoms with Crippen LogP contribution in [0.3, 0.4) is 0 Å². The Bertz CT molecular complexity index is 487. The molecule has 1 aromatic rings. The molecule has 0 aliphatic carbocycles. The summed E-state index contributed by atoms with van der Waals surface area (Å²) in [5.41, 5.74) is 4.61. The third-order valence-corrected chi connectivity index (χ3v) is 3.03. The van der Waals surface area contributed by atoms with Gasteiger partial charge >= 0.3 is 0 Å². The second kappa shape index (κ2) is 9.58. The summed E-state index contributed by atoms with van der Waals surface area (Å²) in [6.07, 6.45) is 7.50. The zero-order valence-corrected chi connectivity index (χ0v) is 11.9. The molecule has 4 nitrogen and oxygen atoms in total. The summed E-state index contributed by atoms with van der Waals surface area (Å²) in [5.74, 6) is 0. The molecule has 1 N–H and O–H groups in total. The Morgan fingerprint density at radius 2 is 1.70 bits per heavy atom. The molecule has 0 fully saturated rings. The van der Waals surface area contributed by atoms with E-state index < -0.39 is 0 Å². The Morgan fingerprint density at radius 3 is 2.30 bits per heavy atom.